The van der Waals surface area contributed by atoms with Crippen molar-refractivity contribution in [3.05, 3.63) is 59.7 Å². The highest BCUT2D eigenvalue weighted by Gasteiger charge is 2.23. The van der Waals surface area contributed by atoms with Crippen LogP contribution in [0.25, 0.3) is 0 Å². The number of fused-ring (bicyclic) bond motifs is 1. The van der Waals surface area contributed by atoms with Gasteiger partial charge in [-0.05, 0) is 48.7 Å². The molecule has 0 radical (unpaired) electrons. The molecule has 0 saturated carbocycles. The fourth-order valence-corrected chi connectivity index (χ4v) is 2.72. The number of rotatable bonds is 3. The number of hydrogen-bond acceptors (Lipinski definition) is 2. The van der Waals surface area contributed by atoms with E-state index < -0.39 is 0 Å². The Morgan fingerprint density at radius 2 is 1.95 bits per heavy atom. The van der Waals surface area contributed by atoms with E-state index in [0.717, 1.165) is 25.1 Å². The molecule has 3 rings (SSSR count). The zero-order chi connectivity index (χ0) is 15.4. The summed E-state index contributed by atoms with van der Waals surface area (Å²) < 4.78 is 5.33. The third-order valence-electron chi connectivity index (χ3n) is 3.78. The molecule has 1 aliphatic heterocycles. The van der Waals surface area contributed by atoms with Crippen LogP contribution in [0.15, 0.2) is 48.5 Å². The van der Waals surface area contributed by atoms with Gasteiger partial charge in [0.1, 0.15) is 12.4 Å². The molecule has 0 bridgehead atoms. The van der Waals surface area contributed by atoms with Crippen LogP contribution in [0.1, 0.15) is 22.3 Å². The SMILES string of the molecule is C#CCOc1ccc(C(=O)N2CCCc3ccccc32)cc1. The minimum atomic E-state index is 0.0237. The Hall–Kier alpha value is -2.73. The number of anilines is 1. The van der Waals surface area contributed by atoms with Crippen molar-refractivity contribution in [1.82, 2.24) is 0 Å². The molecule has 1 amide bonds. The molecule has 22 heavy (non-hydrogen) atoms. The Kier molecular flexibility index (Phi) is 4.11. The van der Waals surface area contributed by atoms with E-state index in [9.17, 15) is 4.79 Å². The molecule has 0 N–H and O–H groups in total. The van der Waals surface area contributed by atoms with Gasteiger partial charge in [0.05, 0.1) is 0 Å². The summed E-state index contributed by atoms with van der Waals surface area (Å²) in [5, 5.41) is 0. The fraction of sp³-hybridized carbons (Fsp3) is 0.211. The molecule has 0 fully saturated rings. The van der Waals surface area contributed by atoms with Gasteiger partial charge in [-0.15, -0.1) is 6.42 Å². The van der Waals surface area contributed by atoms with Crippen LogP contribution in [-0.4, -0.2) is 19.1 Å². The zero-order valence-corrected chi connectivity index (χ0v) is 12.3. The summed E-state index contributed by atoms with van der Waals surface area (Å²) in [6, 6.07) is 15.2. The van der Waals surface area contributed by atoms with Crippen molar-refractivity contribution in [2.24, 2.45) is 0 Å². The predicted octanol–water partition coefficient (Wildman–Crippen LogP) is 3.29. The van der Waals surface area contributed by atoms with Gasteiger partial charge in [0.25, 0.3) is 5.91 Å². The van der Waals surface area contributed by atoms with Crippen LogP contribution in [0.2, 0.25) is 0 Å². The lowest BCUT2D eigenvalue weighted by atomic mass is 10.0. The Morgan fingerprint density at radius 1 is 1.18 bits per heavy atom. The van der Waals surface area contributed by atoms with Crippen molar-refractivity contribution in [2.75, 3.05) is 18.1 Å². The Labute approximate surface area is 130 Å². The minimum Gasteiger partial charge on any atom is -0.481 e. The van der Waals surface area contributed by atoms with Crippen molar-refractivity contribution >= 4 is 11.6 Å². The molecule has 0 aliphatic carbocycles. The van der Waals surface area contributed by atoms with Gasteiger partial charge in [0.15, 0.2) is 0 Å². The van der Waals surface area contributed by atoms with Crippen LogP contribution in [0.4, 0.5) is 5.69 Å². The first-order valence-electron chi connectivity index (χ1n) is 7.35. The third kappa shape index (κ3) is 2.82. The normalized spacial score (nSPS) is 13.1. The number of carbonyl (C=O) groups excluding carboxylic acids is 1. The van der Waals surface area contributed by atoms with Crippen LogP contribution in [0, 0.1) is 12.3 Å². The maximum absolute atomic E-state index is 12.7. The van der Waals surface area contributed by atoms with Crippen LogP contribution < -0.4 is 9.64 Å². The molecule has 1 aliphatic rings. The predicted molar refractivity (Wildman–Crippen MR) is 87.2 cm³/mol. The molecule has 0 aromatic heterocycles. The van der Waals surface area contributed by atoms with E-state index in [2.05, 4.69) is 12.0 Å². The van der Waals surface area contributed by atoms with E-state index in [4.69, 9.17) is 11.2 Å². The molecular weight excluding hydrogens is 274 g/mol. The second-order valence-electron chi connectivity index (χ2n) is 5.21. The quantitative estimate of drug-likeness (QED) is 0.812. The molecule has 0 atom stereocenters. The Bertz CT molecular complexity index is 713. The average molecular weight is 291 g/mol. The number of benzene rings is 2. The zero-order valence-electron chi connectivity index (χ0n) is 12.3. The second-order valence-corrected chi connectivity index (χ2v) is 5.21. The lowest BCUT2D eigenvalue weighted by Crippen LogP contribution is -2.35. The lowest BCUT2D eigenvalue weighted by Gasteiger charge is -2.29. The largest absolute Gasteiger partial charge is 0.481 e. The van der Waals surface area contributed by atoms with E-state index in [1.807, 2.05) is 23.1 Å². The van der Waals surface area contributed by atoms with E-state index in [1.54, 1.807) is 24.3 Å². The number of nitrogens with zero attached hydrogens (tertiary/aromatic N) is 1. The maximum Gasteiger partial charge on any atom is 0.258 e. The van der Waals surface area contributed by atoms with Gasteiger partial charge in [-0.2, -0.15) is 0 Å². The lowest BCUT2D eigenvalue weighted by molar-refractivity contribution is 0.0985. The number of aryl methyl sites for hydroxylation is 1. The Balaban J connectivity index is 1.81. The second kappa shape index (κ2) is 6.36. The summed E-state index contributed by atoms with van der Waals surface area (Å²) >= 11 is 0. The molecule has 3 heteroatoms. The summed E-state index contributed by atoms with van der Waals surface area (Å²) in [5.41, 5.74) is 2.91. The highest BCUT2D eigenvalue weighted by atomic mass is 16.5. The van der Waals surface area contributed by atoms with Crippen LogP contribution in [-0.2, 0) is 6.42 Å². The number of terminal acetylenes is 1. The van der Waals surface area contributed by atoms with Gasteiger partial charge >= 0.3 is 0 Å². The monoisotopic (exact) mass is 291 g/mol. The van der Waals surface area contributed by atoms with Gasteiger partial charge < -0.3 is 9.64 Å². The van der Waals surface area contributed by atoms with Crippen molar-refractivity contribution in [3.8, 4) is 18.1 Å². The number of carbonyl (C=O) groups is 1. The first-order chi connectivity index (χ1) is 10.8. The van der Waals surface area contributed by atoms with Crippen LogP contribution >= 0.6 is 0 Å². The van der Waals surface area contributed by atoms with E-state index in [1.165, 1.54) is 5.56 Å². The highest BCUT2D eigenvalue weighted by Crippen LogP contribution is 2.28. The van der Waals surface area contributed by atoms with Gasteiger partial charge in [-0.25, -0.2) is 0 Å². The Morgan fingerprint density at radius 3 is 2.73 bits per heavy atom. The van der Waals surface area contributed by atoms with Crippen LogP contribution in [0.3, 0.4) is 0 Å². The summed E-state index contributed by atoms with van der Waals surface area (Å²) in [6.45, 7) is 0.984. The smallest absolute Gasteiger partial charge is 0.258 e. The summed E-state index contributed by atoms with van der Waals surface area (Å²) in [6.07, 6.45) is 7.18. The minimum absolute atomic E-state index is 0.0237. The molecule has 1 heterocycles. The number of ether oxygens (including phenoxy) is 1. The summed E-state index contributed by atoms with van der Waals surface area (Å²) in [7, 11) is 0. The van der Waals surface area contributed by atoms with Gasteiger partial charge in [-0.1, -0.05) is 24.1 Å². The van der Waals surface area contributed by atoms with E-state index in [-0.39, 0.29) is 12.5 Å². The first-order valence-corrected chi connectivity index (χ1v) is 7.35. The number of hydrogen-bond donors (Lipinski definition) is 0. The third-order valence-corrected chi connectivity index (χ3v) is 3.78. The summed E-state index contributed by atoms with van der Waals surface area (Å²) in [5.74, 6) is 3.12. The molecule has 110 valence electrons. The van der Waals surface area contributed by atoms with Gasteiger partial charge in [0, 0.05) is 17.8 Å². The van der Waals surface area contributed by atoms with Crippen molar-refractivity contribution in [2.45, 2.75) is 12.8 Å². The topological polar surface area (TPSA) is 29.5 Å². The first kappa shape index (κ1) is 14.2. The molecule has 2 aromatic carbocycles. The van der Waals surface area contributed by atoms with Crippen LogP contribution in [0.5, 0.6) is 5.75 Å². The molecule has 0 saturated heterocycles. The standard InChI is InChI=1S/C19H17NO2/c1-2-14-22-17-11-9-16(10-12-17)19(21)20-13-5-7-15-6-3-4-8-18(15)20/h1,3-4,6,8-12H,5,7,13-14H2. The van der Waals surface area contributed by atoms with Gasteiger partial charge in [-0.3, -0.25) is 4.79 Å². The average Bonchev–Trinajstić information content (AvgIpc) is 2.59. The molecule has 3 nitrogen and oxygen atoms in total. The van der Waals surface area contributed by atoms with Gasteiger partial charge in [0.2, 0.25) is 0 Å². The van der Waals surface area contributed by atoms with Crippen molar-refractivity contribution in [1.29, 1.82) is 0 Å². The maximum atomic E-state index is 12.7. The molecule has 0 unspecified atom stereocenters. The summed E-state index contributed by atoms with van der Waals surface area (Å²) in [4.78, 5) is 14.6. The van der Waals surface area contributed by atoms with E-state index in [0.29, 0.717) is 11.3 Å². The molecule has 0 spiro atoms. The number of para-hydroxylation sites is 1. The van der Waals surface area contributed by atoms with Crippen molar-refractivity contribution < 1.29 is 9.53 Å². The van der Waals surface area contributed by atoms with E-state index >= 15 is 0 Å². The molecule has 2 aromatic rings. The fourth-order valence-electron chi connectivity index (χ4n) is 2.72. The highest BCUT2D eigenvalue weighted by molar-refractivity contribution is 6.06. The van der Waals surface area contributed by atoms with Crippen molar-refractivity contribution in [3.63, 3.8) is 0 Å². The number of amides is 1. The molecular formula is C19H17NO2.